The molecular weight excluding hydrogens is 256 g/mol. The molecule has 2 rings (SSSR count). The first-order chi connectivity index (χ1) is 8.91. The Balaban J connectivity index is 2.01. The highest BCUT2D eigenvalue weighted by Crippen LogP contribution is 2.21. The number of ether oxygens (including phenoxy) is 1. The molecule has 4 atom stereocenters. The summed E-state index contributed by atoms with van der Waals surface area (Å²) in [5.74, 6) is -1.74. The standard InChI is InChI=1S/C11H18N2O6/c1-12(7-5-19-4-6(7)10(16)17)11(18)13-2-8(14)9(15)3-13/h6-9,14-15H,2-5H2,1H3,(H,16,17). The Kier molecular flexibility index (Phi) is 3.93. The Morgan fingerprint density at radius 3 is 2.32 bits per heavy atom. The van der Waals surface area contributed by atoms with E-state index in [4.69, 9.17) is 9.84 Å². The smallest absolute Gasteiger partial charge is 0.320 e. The number of carbonyl (C=O) groups excluding carboxylic acids is 1. The zero-order valence-electron chi connectivity index (χ0n) is 10.6. The van der Waals surface area contributed by atoms with Gasteiger partial charge in [-0.05, 0) is 0 Å². The number of hydrogen-bond acceptors (Lipinski definition) is 5. The maximum Gasteiger partial charge on any atom is 0.320 e. The third kappa shape index (κ3) is 2.65. The van der Waals surface area contributed by atoms with Gasteiger partial charge in [0.2, 0.25) is 0 Å². The summed E-state index contributed by atoms with van der Waals surface area (Å²) < 4.78 is 5.12. The summed E-state index contributed by atoms with van der Waals surface area (Å²) >= 11 is 0. The van der Waals surface area contributed by atoms with E-state index >= 15 is 0 Å². The number of carbonyl (C=O) groups is 2. The van der Waals surface area contributed by atoms with E-state index in [2.05, 4.69) is 0 Å². The number of amides is 2. The van der Waals surface area contributed by atoms with Crippen molar-refractivity contribution in [2.75, 3.05) is 33.4 Å². The Bertz CT molecular complexity index is 366. The van der Waals surface area contributed by atoms with Gasteiger partial charge < -0.3 is 29.9 Å². The molecule has 0 aliphatic carbocycles. The van der Waals surface area contributed by atoms with E-state index in [1.165, 1.54) is 16.8 Å². The highest BCUT2D eigenvalue weighted by atomic mass is 16.5. The number of likely N-dealkylation sites (tertiary alicyclic amines) is 1. The fourth-order valence-electron chi connectivity index (χ4n) is 2.45. The van der Waals surface area contributed by atoms with Crippen molar-refractivity contribution in [1.29, 1.82) is 0 Å². The summed E-state index contributed by atoms with van der Waals surface area (Å²) in [4.78, 5) is 25.9. The zero-order chi connectivity index (χ0) is 14.2. The van der Waals surface area contributed by atoms with Gasteiger partial charge in [-0.2, -0.15) is 0 Å². The van der Waals surface area contributed by atoms with Crippen LogP contribution in [-0.2, 0) is 9.53 Å². The zero-order valence-corrected chi connectivity index (χ0v) is 10.6. The maximum atomic E-state index is 12.2. The first-order valence-corrected chi connectivity index (χ1v) is 6.10. The SMILES string of the molecule is CN(C(=O)N1CC(O)C(O)C1)C1COCC1C(=O)O. The summed E-state index contributed by atoms with van der Waals surface area (Å²) in [7, 11) is 1.51. The number of β-amino-alcohol motifs (C(OH)–C–C–N with tert-alkyl or cyclic N) is 2. The van der Waals surface area contributed by atoms with Crippen molar-refractivity contribution < 1.29 is 29.6 Å². The van der Waals surface area contributed by atoms with E-state index in [0.29, 0.717) is 0 Å². The fourth-order valence-corrected chi connectivity index (χ4v) is 2.45. The van der Waals surface area contributed by atoms with Crippen LogP contribution in [-0.4, -0.2) is 88.7 Å². The van der Waals surface area contributed by atoms with Crippen molar-refractivity contribution in [3.8, 4) is 0 Å². The quantitative estimate of drug-likeness (QED) is 0.546. The molecule has 108 valence electrons. The molecule has 0 radical (unpaired) electrons. The minimum atomic E-state index is -0.997. The van der Waals surface area contributed by atoms with Crippen molar-refractivity contribution in [2.45, 2.75) is 18.2 Å². The molecule has 0 saturated carbocycles. The van der Waals surface area contributed by atoms with Gasteiger partial charge in [0.15, 0.2) is 0 Å². The van der Waals surface area contributed by atoms with Crippen LogP contribution in [0.2, 0.25) is 0 Å². The number of likely N-dealkylation sites (N-methyl/N-ethyl adjacent to an activating group) is 1. The average molecular weight is 274 g/mol. The molecule has 2 amide bonds. The van der Waals surface area contributed by atoms with Gasteiger partial charge in [0.1, 0.15) is 5.92 Å². The van der Waals surface area contributed by atoms with Crippen LogP contribution in [0.5, 0.6) is 0 Å². The molecule has 0 aromatic rings. The van der Waals surface area contributed by atoms with Gasteiger partial charge in [0.05, 0.1) is 44.6 Å². The number of urea groups is 1. The van der Waals surface area contributed by atoms with Crippen LogP contribution in [0, 0.1) is 5.92 Å². The molecule has 2 saturated heterocycles. The van der Waals surface area contributed by atoms with Gasteiger partial charge in [-0.3, -0.25) is 4.79 Å². The van der Waals surface area contributed by atoms with Crippen molar-refractivity contribution >= 4 is 12.0 Å². The number of carboxylic acid groups (broad SMARTS) is 1. The Morgan fingerprint density at radius 1 is 1.21 bits per heavy atom. The lowest BCUT2D eigenvalue weighted by molar-refractivity contribution is -0.142. The van der Waals surface area contributed by atoms with Gasteiger partial charge in [-0.15, -0.1) is 0 Å². The van der Waals surface area contributed by atoms with E-state index in [-0.39, 0.29) is 26.3 Å². The lowest BCUT2D eigenvalue weighted by Gasteiger charge is -2.30. The molecule has 0 spiro atoms. The third-order valence-corrected chi connectivity index (χ3v) is 3.70. The second-order valence-electron chi connectivity index (χ2n) is 4.98. The summed E-state index contributed by atoms with van der Waals surface area (Å²) in [5, 5.41) is 27.9. The van der Waals surface area contributed by atoms with Gasteiger partial charge in [-0.25, -0.2) is 4.79 Å². The number of aliphatic hydroxyl groups is 2. The Morgan fingerprint density at radius 2 is 1.79 bits per heavy atom. The average Bonchev–Trinajstić information content (AvgIpc) is 2.95. The molecule has 8 heteroatoms. The van der Waals surface area contributed by atoms with Crippen LogP contribution in [0.25, 0.3) is 0 Å². The van der Waals surface area contributed by atoms with E-state index in [1.54, 1.807) is 0 Å². The molecule has 2 aliphatic rings. The second kappa shape index (κ2) is 5.32. The van der Waals surface area contributed by atoms with Crippen LogP contribution in [0.15, 0.2) is 0 Å². The molecule has 0 bridgehead atoms. The van der Waals surface area contributed by atoms with Crippen molar-refractivity contribution in [3.05, 3.63) is 0 Å². The van der Waals surface area contributed by atoms with E-state index in [1.807, 2.05) is 0 Å². The van der Waals surface area contributed by atoms with Crippen molar-refractivity contribution in [2.24, 2.45) is 5.92 Å². The molecule has 2 heterocycles. The molecular formula is C11H18N2O6. The van der Waals surface area contributed by atoms with Crippen LogP contribution in [0.3, 0.4) is 0 Å². The highest BCUT2D eigenvalue weighted by molar-refractivity contribution is 5.77. The molecule has 2 fully saturated rings. The molecule has 4 unspecified atom stereocenters. The first-order valence-electron chi connectivity index (χ1n) is 6.10. The fraction of sp³-hybridized carbons (Fsp3) is 0.818. The van der Waals surface area contributed by atoms with Crippen LogP contribution >= 0.6 is 0 Å². The molecule has 0 aromatic carbocycles. The predicted molar refractivity (Wildman–Crippen MR) is 62.5 cm³/mol. The Labute approximate surface area is 110 Å². The number of aliphatic carboxylic acids is 1. The van der Waals surface area contributed by atoms with Crippen LogP contribution in [0.1, 0.15) is 0 Å². The van der Waals surface area contributed by atoms with Gasteiger partial charge in [0, 0.05) is 7.05 Å². The number of hydrogen-bond donors (Lipinski definition) is 3. The van der Waals surface area contributed by atoms with Crippen molar-refractivity contribution in [3.63, 3.8) is 0 Å². The molecule has 3 N–H and O–H groups in total. The van der Waals surface area contributed by atoms with Gasteiger partial charge in [-0.1, -0.05) is 0 Å². The lowest BCUT2D eigenvalue weighted by atomic mass is 10.0. The highest BCUT2D eigenvalue weighted by Gasteiger charge is 2.41. The summed E-state index contributed by atoms with van der Waals surface area (Å²) in [5.41, 5.74) is 0. The van der Waals surface area contributed by atoms with Gasteiger partial charge >= 0.3 is 12.0 Å². The summed E-state index contributed by atoms with van der Waals surface area (Å²) in [6, 6.07) is -0.933. The number of carboxylic acids is 1. The molecule has 0 aromatic heterocycles. The summed E-state index contributed by atoms with van der Waals surface area (Å²) in [6.07, 6.45) is -1.90. The third-order valence-electron chi connectivity index (χ3n) is 3.70. The van der Waals surface area contributed by atoms with Gasteiger partial charge in [0.25, 0.3) is 0 Å². The molecule has 2 aliphatic heterocycles. The van der Waals surface area contributed by atoms with Crippen LogP contribution in [0.4, 0.5) is 4.79 Å². The van der Waals surface area contributed by atoms with E-state index in [9.17, 15) is 19.8 Å². The summed E-state index contributed by atoms with van der Waals surface area (Å²) in [6.45, 7) is 0.367. The Hall–Kier alpha value is -1.38. The minimum Gasteiger partial charge on any atom is -0.481 e. The van der Waals surface area contributed by atoms with Crippen LogP contribution < -0.4 is 0 Å². The molecule has 19 heavy (non-hydrogen) atoms. The minimum absolute atomic E-state index is 0.0512. The number of aliphatic hydroxyl groups excluding tert-OH is 2. The van der Waals surface area contributed by atoms with E-state index in [0.717, 1.165) is 0 Å². The normalized spacial score (nSPS) is 34.6. The monoisotopic (exact) mass is 274 g/mol. The lowest BCUT2D eigenvalue weighted by Crippen LogP contribution is -2.49. The topological polar surface area (TPSA) is 111 Å². The number of rotatable bonds is 2. The first kappa shape index (κ1) is 14.0. The largest absolute Gasteiger partial charge is 0.481 e. The molecule has 8 nitrogen and oxygen atoms in total. The maximum absolute atomic E-state index is 12.2. The van der Waals surface area contributed by atoms with Crippen molar-refractivity contribution in [1.82, 2.24) is 9.80 Å². The predicted octanol–water partition coefficient (Wildman–Crippen LogP) is -1.82. The van der Waals surface area contributed by atoms with E-state index < -0.39 is 36.2 Å². The second-order valence-corrected chi connectivity index (χ2v) is 4.98. The number of nitrogens with zero attached hydrogens (tertiary/aromatic N) is 2.